The number of amides is 2. The highest BCUT2D eigenvalue weighted by molar-refractivity contribution is 6.00. The molecule has 0 spiro atoms. The standard InChI is InChI=1S/C10H13N3O2.C3H6.C3H4.2C2H6/c1-5-6(2)12-13-9(5)7-3-4-8(14)11-10(7)15;2*1-3-2;2*1-2/h7H,3-4H2,1-2H3,(H,12,13)(H,11,14,15);3H,1H2,2H3;1H,2H3;2*1-2H3. The first kappa shape index (κ1) is 27.5. The molecule has 2 rings (SSSR count). The number of aromatic amines is 1. The van der Waals surface area contributed by atoms with E-state index in [1.54, 1.807) is 13.0 Å². The Bertz CT molecular complexity index is 540. The van der Waals surface area contributed by atoms with E-state index < -0.39 is 0 Å². The first-order valence-electron chi connectivity index (χ1n) is 8.72. The van der Waals surface area contributed by atoms with Gasteiger partial charge >= 0.3 is 0 Å². The summed E-state index contributed by atoms with van der Waals surface area (Å²) in [7, 11) is 0. The highest BCUT2D eigenvalue weighted by Crippen LogP contribution is 2.26. The summed E-state index contributed by atoms with van der Waals surface area (Å²) in [6, 6.07) is 0. The van der Waals surface area contributed by atoms with Crippen molar-refractivity contribution in [1.82, 2.24) is 15.5 Å². The normalized spacial score (nSPS) is 14.3. The van der Waals surface area contributed by atoms with E-state index in [4.69, 9.17) is 0 Å². The van der Waals surface area contributed by atoms with Crippen LogP contribution in [0.15, 0.2) is 12.7 Å². The molecule has 0 aromatic carbocycles. The summed E-state index contributed by atoms with van der Waals surface area (Å²) in [5.41, 5.74) is 2.73. The van der Waals surface area contributed by atoms with E-state index in [9.17, 15) is 9.59 Å². The van der Waals surface area contributed by atoms with Crippen molar-refractivity contribution >= 4 is 11.8 Å². The fraction of sp³-hybridized carbons (Fsp3) is 0.550. The quantitative estimate of drug-likeness (QED) is 0.447. The second kappa shape index (κ2) is 18.0. The zero-order valence-corrected chi connectivity index (χ0v) is 17.1. The largest absolute Gasteiger partial charge is 0.296 e. The number of carbonyl (C=O) groups is 2. The molecule has 1 aliphatic heterocycles. The average molecular weight is 350 g/mol. The van der Waals surface area contributed by atoms with Crippen molar-refractivity contribution in [3.8, 4) is 12.3 Å². The van der Waals surface area contributed by atoms with Gasteiger partial charge in [-0.2, -0.15) is 5.10 Å². The van der Waals surface area contributed by atoms with Gasteiger partial charge < -0.3 is 0 Å². The van der Waals surface area contributed by atoms with Crippen LogP contribution in [-0.4, -0.2) is 22.0 Å². The number of piperidine rings is 1. The smallest absolute Gasteiger partial charge is 0.235 e. The lowest BCUT2D eigenvalue weighted by molar-refractivity contribution is -0.134. The Kier molecular flexibility index (Phi) is 19.8. The summed E-state index contributed by atoms with van der Waals surface area (Å²) in [5, 5.41) is 9.30. The van der Waals surface area contributed by atoms with Crippen LogP contribution in [0.5, 0.6) is 0 Å². The monoisotopic (exact) mass is 349 g/mol. The topological polar surface area (TPSA) is 74.8 Å². The maximum Gasteiger partial charge on any atom is 0.235 e. The molecule has 1 aliphatic rings. The third-order valence-electron chi connectivity index (χ3n) is 2.86. The molecule has 2 heterocycles. The molecule has 142 valence electrons. The van der Waals surface area contributed by atoms with E-state index in [1.165, 1.54) is 0 Å². The number of allylic oxidation sites excluding steroid dienone is 1. The van der Waals surface area contributed by atoms with Gasteiger partial charge in [0.05, 0.1) is 11.6 Å². The van der Waals surface area contributed by atoms with E-state index in [0.717, 1.165) is 17.0 Å². The number of hydrogen-bond acceptors (Lipinski definition) is 3. The summed E-state index contributed by atoms with van der Waals surface area (Å²) < 4.78 is 0. The van der Waals surface area contributed by atoms with Gasteiger partial charge in [-0.05, 0) is 39.7 Å². The number of nitrogens with one attached hydrogen (secondary N) is 2. The van der Waals surface area contributed by atoms with Gasteiger partial charge in [-0.25, -0.2) is 0 Å². The van der Waals surface area contributed by atoms with Crippen LogP contribution in [-0.2, 0) is 9.59 Å². The van der Waals surface area contributed by atoms with Crippen LogP contribution in [0.25, 0.3) is 0 Å². The van der Waals surface area contributed by atoms with E-state index in [1.807, 2.05) is 48.5 Å². The highest BCUT2D eigenvalue weighted by atomic mass is 16.2. The molecule has 0 saturated carbocycles. The van der Waals surface area contributed by atoms with Crippen LogP contribution < -0.4 is 5.32 Å². The molecule has 1 fully saturated rings. The summed E-state index contributed by atoms with van der Waals surface area (Å²) in [4.78, 5) is 22.6. The molecule has 25 heavy (non-hydrogen) atoms. The fourth-order valence-corrected chi connectivity index (χ4v) is 1.80. The first-order valence-corrected chi connectivity index (χ1v) is 8.72. The SMILES string of the molecule is C#CC.C=CC.CC.CC.Cc1[nH]nc(C2CCC(=O)NC2=O)c1C. The van der Waals surface area contributed by atoms with Crippen molar-refractivity contribution in [1.29, 1.82) is 0 Å². The number of imide groups is 1. The highest BCUT2D eigenvalue weighted by Gasteiger charge is 2.30. The number of rotatable bonds is 1. The molecule has 1 aromatic heterocycles. The summed E-state index contributed by atoms with van der Waals surface area (Å²) in [5.74, 6) is 1.54. The van der Waals surface area contributed by atoms with Crippen molar-refractivity contribution in [2.24, 2.45) is 0 Å². The van der Waals surface area contributed by atoms with Crippen LogP contribution in [0.3, 0.4) is 0 Å². The van der Waals surface area contributed by atoms with Gasteiger partial charge in [0, 0.05) is 12.1 Å². The van der Waals surface area contributed by atoms with Gasteiger partial charge in [0.1, 0.15) is 0 Å². The van der Waals surface area contributed by atoms with Crippen molar-refractivity contribution < 1.29 is 9.59 Å². The van der Waals surface area contributed by atoms with Crippen molar-refractivity contribution in [3.63, 3.8) is 0 Å². The molecular weight excluding hydrogens is 314 g/mol. The summed E-state index contributed by atoms with van der Waals surface area (Å²) in [6.45, 7) is 18.7. The summed E-state index contributed by atoms with van der Waals surface area (Å²) >= 11 is 0. The second-order valence-corrected chi connectivity index (χ2v) is 4.56. The zero-order valence-electron chi connectivity index (χ0n) is 17.1. The van der Waals surface area contributed by atoms with Gasteiger partial charge in [-0.15, -0.1) is 18.9 Å². The Morgan fingerprint density at radius 2 is 1.68 bits per heavy atom. The second-order valence-electron chi connectivity index (χ2n) is 4.56. The molecule has 5 heteroatoms. The Hall–Kier alpha value is -2.35. The number of aromatic nitrogens is 2. The minimum atomic E-state index is -0.285. The Balaban J connectivity index is -0.000000411. The lowest BCUT2D eigenvalue weighted by Crippen LogP contribution is -2.39. The number of terminal acetylenes is 1. The minimum absolute atomic E-state index is 0.193. The van der Waals surface area contributed by atoms with Gasteiger partial charge in [-0.3, -0.25) is 20.0 Å². The molecule has 5 nitrogen and oxygen atoms in total. The number of nitrogens with zero attached hydrogens (tertiary/aromatic N) is 1. The Morgan fingerprint density at radius 1 is 1.24 bits per heavy atom. The lowest BCUT2D eigenvalue weighted by Gasteiger charge is -2.19. The minimum Gasteiger partial charge on any atom is -0.296 e. The predicted molar refractivity (Wildman–Crippen MR) is 106 cm³/mol. The van der Waals surface area contributed by atoms with E-state index >= 15 is 0 Å². The van der Waals surface area contributed by atoms with Gasteiger partial charge in [-0.1, -0.05) is 33.8 Å². The third-order valence-corrected chi connectivity index (χ3v) is 2.86. The predicted octanol–water partition coefficient (Wildman–Crippen LogP) is 4.43. The van der Waals surface area contributed by atoms with Crippen LogP contribution in [0, 0.1) is 26.2 Å². The van der Waals surface area contributed by atoms with E-state index in [0.29, 0.717) is 12.8 Å². The van der Waals surface area contributed by atoms with Crippen LogP contribution in [0.2, 0.25) is 0 Å². The van der Waals surface area contributed by atoms with Crippen LogP contribution in [0.1, 0.15) is 77.3 Å². The maximum absolute atomic E-state index is 11.6. The van der Waals surface area contributed by atoms with Crippen molar-refractivity contribution in [3.05, 3.63) is 29.6 Å². The van der Waals surface area contributed by atoms with Crippen LogP contribution >= 0.6 is 0 Å². The van der Waals surface area contributed by atoms with Crippen molar-refractivity contribution in [2.75, 3.05) is 0 Å². The number of carbonyl (C=O) groups excluding carboxylic acids is 2. The Morgan fingerprint density at radius 3 is 2.00 bits per heavy atom. The zero-order chi connectivity index (χ0) is 20.4. The fourth-order valence-electron chi connectivity index (χ4n) is 1.80. The number of H-pyrrole nitrogens is 1. The van der Waals surface area contributed by atoms with Gasteiger partial charge in [0.2, 0.25) is 11.8 Å². The first-order chi connectivity index (χ1) is 11.9. The number of aryl methyl sites for hydroxylation is 1. The molecule has 0 aliphatic carbocycles. The van der Waals surface area contributed by atoms with E-state index in [2.05, 4.69) is 34.4 Å². The third kappa shape index (κ3) is 10.9. The van der Waals surface area contributed by atoms with Crippen molar-refractivity contribution in [2.45, 2.75) is 74.1 Å². The molecule has 1 aromatic rings. The molecule has 2 N–H and O–H groups in total. The number of hydrogen-bond donors (Lipinski definition) is 2. The van der Waals surface area contributed by atoms with Gasteiger partial charge in [0.15, 0.2) is 0 Å². The molecule has 0 bridgehead atoms. The van der Waals surface area contributed by atoms with Gasteiger partial charge in [0.25, 0.3) is 0 Å². The van der Waals surface area contributed by atoms with Crippen LogP contribution in [0.4, 0.5) is 0 Å². The van der Waals surface area contributed by atoms with E-state index in [-0.39, 0.29) is 17.7 Å². The lowest BCUT2D eigenvalue weighted by atomic mass is 9.92. The molecule has 1 saturated heterocycles. The molecule has 2 amide bonds. The average Bonchev–Trinajstić information content (AvgIpc) is 2.92. The molecular formula is C20H35N3O2. The molecule has 0 radical (unpaired) electrons. The Labute approximate surface area is 153 Å². The summed E-state index contributed by atoms with van der Waals surface area (Å²) in [6.07, 6.45) is 7.29. The molecule has 1 atom stereocenters. The molecule has 1 unspecified atom stereocenters. The maximum atomic E-state index is 11.6.